The lowest BCUT2D eigenvalue weighted by Gasteiger charge is -2.18. The molecule has 0 saturated heterocycles. The van der Waals surface area contributed by atoms with E-state index >= 15 is 0 Å². The number of benzene rings is 1. The van der Waals surface area contributed by atoms with Crippen LogP contribution < -0.4 is 0 Å². The molecule has 6 heteroatoms. The van der Waals surface area contributed by atoms with Crippen LogP contribution in [0.1, 0.15) is 18.1 Å². The Balaban J connectivity index is 3.03. The summed E-state index contributed by atoms with van der Waals surface area (Å²) in [6.45, 7) is 0. The molecule has 0 heterocycles. The molecule has 1 aromatic carbocycles. The van der Waals surface area contributed by atoms with Gasteiger partial charge in [0.25, 0.3) is 0 Å². The first-order valence-corrected chi connectivity index (χ1v) is 5.69. The molecular formula is C10H11BrF2O3. The second-order valence-corrected chi connectivity index (χ2v) is 4.11. The van der Waals surface area contributed by atoms with Gasteiger partial charge in [-0.1, -0.05) is 15.9 Å². The zero-order valence-electron chi connectivity index (χ0n) is 8.20. The highest BCUT2D eigenvalue weighted by Gasteiger charge is 2.25. The Morgan fingerprint density at radius 3 is 2.12 bits per heavy atom. The van der Waals surface area contributed by atoms with E-state index in [1.54, 1.807) is 0 Å². The number of phenolic OH excluding ortho intramolecular Hbond substituents is 1. The van der Waals surface area contributed by atoms with E-state index in [4.69, 9.17) is 5.11 Å². The molecule has 1 aromatic rings. The number of aliphatic hydroxyl groups is 2. The Labute approximate surface area is 99.5 Å². The highest BCUT2D eigenvalue weighted by molar-refractivity contribution is 9.09. The summed E-state index contributed by atoms with van der Waals surface area (Å²) in [6, 6.07) is 1.37. The molecule has 0 aromatic heterocycles. The summed E-state index contributed by atoms with van der Waals surface area (Å²) in [5, 5.41) is 28.3. The first-order valence-electron chi connectivity index (χ1n) is 4.57. The lowest BCUT2D eigenvalue weighted by Crippen LogP contribution is -2.20. The Kier molecular flexibility index (Phi) is 4.64. The Morgan fingerprint density at radius 2 is 1.69 bits per heavy atom. The van der Waals surface area contributed by atoms with Crippen molar-refractivity contribution in [3.63, 3.8) is 0 Å². The molecule has 0 aliphatic rings. The predicted molar refractivity (Wildman–Crippen MR) is 57.4 cm³/mol. The third-order valence-electron chi connectivity index (χ3n) is 2.13. The highest BCUT2D eigenvalue weighted by Crippen LogP contribution is 2.28. The van der Waals surface area contributed by atoms with E-state index < -0.39 is 35.2 Å². The van der Waals surface area contributed by atoms with Gasteiger partial charge in [-0.2, -0.15) is 0 Å². The molecule has 0 aliphatic carbocycles. The summed E-state index contributed by atoms with van der Waals surface area (Å²) >= 11 is 3.04. The van der Waals surface area contributed by atoms with Gasteiger partial charge in [-0.05, 0) is 6.42 Å². The number of aromatic hydroxyl groups is 1. The molecule has 2 atom stereocenters. The smallest absolute Gasteiger partial charge is 0.135 e. The minimum absolute atomic E-state index is 0.154. The SMILES string of the molecule is Oc1cc(F)c(C(O)C(O)CCBr)c(F)c1. The van der Waals surface area contributed by atoms with Crippen molar-refractivity contribution in [1.82, 2.24) is 0 Å². The zero-order valence-corrected chi connectivity index (χ0v) is 9.79. The van der Waals surface area contributed by atoms with Crippen molar-refractivity contribution in [3.05, 3.63) is 29.3 Å². The fourth-order valence-electron chi connectivity index (χ4n) is 1.32. The average molecular weight is 297 g/mol. The molecule has 0 saturated carbocycles. The number of alkyl halides is 1. The van der Waals surface area contributed by atoms with Crippen molar-refractivity contribution in [2.24, 2.45) is 0 Å². The fraction of sp³-hybridized carbons (Fsp3) is 0.400. The maximum atomic E-state index is 13.3. The van der Waals surface area contributed by atoms with Gasteiger partial charge in [0.1, 0.15) is 23.5 Å². The van der Waals surface area contributed by atoms with Crippen LogP contribution in [0.3, 0.4) is 0 Å². The minimum atomic E-state index is -1.65. The Bertz CT molecular complexity index is 350. The van der Waals surface area contributed by atoms with Crippen molar-refractivity contribution in [2.75, 3.05) is 5.33 Å². The number of hydrogen-bond acceptors (Lipinski definition) is 3. The zero-order chi connectivity index (χ0) is 12.3. The van der Waals surface area contributed by atoms with E-state index in [2.05, 4.69) is 15.9 Å². The van der Waals surface area contributed by atoms with Crippen molar-refractivity contribution < 1.29 is 24.1 Å². The topological polar surface area (TPSA) is 60.7 Å². The molecule has 0 amide bonds. The van der Waals surface area contributed by atoms with E-state index in [0.29, 0.717) is 17.5 Å². The lowest BCUT2D eigenvalue weighted by atomic mass is 10.0. The number of hydrogen-bond donors (Lipinski definition) is 3. The first kappa shape index (κ1) is 13.3. The molecule has 2 unspecified atom stereocenters. The van der Waals surface area contributed by atoms with Crippen LogP contribution in [-0.4, -0.2) is 26.8 Å². The quantitative estimate of drug-likeness (QED) is 0.743. The third kappa shape index (κ3) is 2.90. The molecule has 0 aliphatic heterocycles. The van der Waals surface area contributed by atoms with Crippen LogP contribution in [0.2, 0.25) is 0 Å². The average Bonchev–Trinajstić information content (AvgIpc) is 2.16. The van der Waals surface area contributed by atoms with Gasteiger partial charge in [0.05, 0.1) is 11.7 Å². The summed E-state index contributed by atoms with van der Waals surface area (Å²) in [5.41, 5.74) is -0.633. The fourth-order valence-corrected chi connectivity index (χ4v) is 1.78. The maximum absolute atomic E-state index is 13.3. The van der Waals surface area contributed by atoms with Gasteiger partial charge < -0.3 is 15.3 Å². The largest absolute Gasteiger partial charge is 0.508 e. The molecule has 3 nitrogen and oxygen atoms in total. The molecule has 0 bridgehead atoms. The van der Waals surface area contributed by atoms with Crippen LogP contribution in [0.25, 0.3) is 0 Å². The normalized spacial score (nSPS) is 14.8. The van der Waals surface area contributed by atoms with E-state index in [1.807, 2.05) is 0 Å². The lowest BCUT2D eigenvalue weighted by molar-refractivity contribution is 0.0130. The van der Waals surface area contributed by atoms with E-state index in [1.165, 1.54) is 0 Å². The molecule has 16 heavy (non-hydrogen) atoms. The second-order valence-electron chi connectivity index (χ2n) is 3.31. The summed E-state index contributed by atoms with van der Waals surface area (Å²) in [6.07, 6.45) is -2.77. The van der Waals surface area contributed by atoms with Gasteiger partial charge in [-0.25, -0.2) is 8.78 Å². The van der Waals surface area contributed by atoms with E-state index in [0.717, 1.165) is 0 Å². The Hall–Kier alpha value is -0.720. The summed E-state index contributed by atoms with van der Waals surface area (Å²) in [5.74, 6) is -2.74. The second kappa shape index (κ2) is 5.56. The minimum Gasteiger partial charge on any atom is -0.508 e. The Morgan fingerprint density at radius 1 is 1.19 bits per heavy atom. The van der Waals surface area contributed by atoms with Crippen molar-refractivity contribution in [1.29, 1.82) is 0 Å². The first-order chi connectivity index (χ1) is 7.47. The molecule has 1 rings (SSSR count). The van der Waals surface area contributed by atoms with Gasteiger partial charge in [-0.3, -0.25) is 0 Å². The summed E-state index contributed by atoms with van der Waals surface area (Å²) < 4.78 is 26.6. The standard InChI is InChI=1S/C10H11BrF2O3/c11-2-1-8(15)10(16)9-6(12)3-5(14)4-7(9)13/h3-4,8,10,14-16H,1-2H2. The van der Waals surface area contributed by atoms with Crippen LogP contribution in [0, 0.1) is 11.6 Å². The highest BCUT2D eigenvalue weighted by atomic mass is 79.9. The van der Waals surface area contributed by atoms with Gasteiger partial charge >= 0.3 is 0 Å². The third-order valence-corrected chi connectivity index (χ3v) is 2.59. The molecule has 3 N–H and O–H groups in total. The van der Waals surface area contributed by atoms with Crippen molar-refractivity contribution in [2.45, 2.75) is 18.6 Å². The van der Waals surface area contributed by atoms with Crippen LogP contribution in [-0.2, 0) is 0 Å². The number of phenols is 1. The van der Waals surface area contributed by atoms with Crippen molar-refractivity contribution in [3.8, 4) is 5.75 Å². The van der Waals surface area contributed by atoms with Gasteiger partial charge in [-0.15, -0.1) is 0 Å². The van der Waals surface area contributed by atoms with Crippen LogP contribution >= 0.6 is 15.9 Å². The van der Waals surface area contributed by atoms with Gasteiger partial charge in [0, 0.05) is 17.5 Å². The molecule has 0 radical (unpaired) electrons. The van der Waals surface area contributed by atoms with Gasteiger partial charge in [0.15, 0.2) is 0 Å². The number of aliphatic hydroxyl groups excluding tert-OH is 2. The number of halogens is 3. The maximum Gasteiger partial charge on any atom is 0.135 e. The van der Waals surface area contributed by atoms with E-state index in [-0.39, 0.29) is 6.42 Å². The van der Waals surface area contributed by atoms with E-state index in [9.17, 15) is 19.0 Å². The van der Waals surface area contributed by atoms with Gasteiger partial charge in [0.2, 0.25) is 0 Å². The summed E-state index contributed by atoms with van der Waals surface area (Å²) in [4.78, 5) is 0. The van der Waals surface area contributed by atoms with Crippen LogP contribution in [0.5, 0.6) is 5.75 Å². The predicted octanol–water partition coefficient (Wildman–Crippen LogP) is 1.85. The molecular weight excluding hydrogens is 286 g/mol. The molecule has 90 valence electrons. The number of rotatable bonds is 4. The van der Waals surface area contributed by atoms with Crippen molar-refractivity contribution >= 4 is 15.9 Å². The molecule has 0 spiro atoms. The summed E-state index contributed by atoms with van der Waals surface area (Å²) in [7, 11) is 0. The van der Waals surface area contributed by atoms with Crippen LogP contribution in [0.15, 0.2) is 12.1 Å². The molecule has 0 fully saturated rings. The van der Waals surface area contributed by atoms with Crippen LogP contribution in [0.4, 0.5) is 8.78 Å². The monoisotopic (exact) mass is 296 g/mol.